The third kappa shape index (κ3) is 2.43. The fourth-order valence-corrected chi connectivity index (χ4v) is 4.29. The van der Waals surface area contributed by atoms with Crippen molar-refractivity contribution in [3.05, 3.63) is 23.8 Å². The molecule has 0 bridgehead atoms. The van der Waals surface area contributed by atoms with Gasteiger partial charge in [0.2, 0.25) is 10.0 Å². The second kappa shape index (κ2) is 4.72. The maximum atomic E-state index is 12.6. The zero-order valence-electron chi connectivity index (χ0n) is 11.6. The van der Waals surface area contributed by atoms with Gasteiger partial charge in [-0.05, 0) is 49.9 Å². The van der Waals surface area contributed by atoms with Gasteiger partial charge in [-0.1, -0.05) is 0 Å². The van der Waals surface area contributed by atoms with E-state index in [0.29, 0.717) is 30.8 Å². The van der Waals surface area contributed by atoms with E-state index >= 15 is 0 Å². The van der Waals surface area contributed by atoms with Crippen LogP contribution < -0.4 is 5.32 Å². The third-order valence-corrected chi connectivity index (χ3v) is 6.12. The number of rotatable bonds is 2. The van der Waals surface area contributed by atoms with Crippen LogP contribution in [0.3, 0.4) is 0 Å². The van der Waals surface area contributed by atoms with Gasteiger partial charge >= 0.3 is 0 Å². The van der Waals surface area contributed by atoms with Gasteiger partial charge in [-0.15, -0.1) is 0 Å². The molecule has 0 atom stereocenters. The summed E-state index contributed by atoms with van der Waals surface area (Å²) in [4.78, 5) is 0.362. The van der Waals surface area contributed by atoms with Crippen molar-refractivity contribution < 1.29 is 13.5 Å². The van der Waals surface area contributed by atoms with Crippen LogP contribution in [0.2, 0.25) is 0 Å². The van der Waals surface area contributed by atoms with E-state index in [0.717, 1.165) is 24.2 Å². The number of hydrogen-bond donors (Lipinski definition) is 2. The van der Waals surface area contributed by atoms with Crippen molar-refractivity contribution in [3.8, 4) is 0 Å². The molecule has 1 aromatic carbocycles. The van der Waals surface area contributed by atoms with Crippen LogP contribution in [0.4, 0.5) is 5.69 Å². The predicted octanol–water partition coefficient (Wildman–Crippen LogP) is 1.19. The average molecular weight is 296 g/mol. The summed E-state index contributed by atoms with van der Waals surface area (Å²) in [5.74, 6) is 0. The number of nitrogens with one attached hydrogen (secondary N) is 1. The van der Waals surface area contributed by atoms with E-state index in [9.17, 15) is 13.5 Å². The number of piperidine rings is 1. The van der Waals surface area contributed by atoms with E-state index in [1.165, 1.54) is 4.31 Å². The van der Waals surface area contributed by atoms with Crippen LogP contribution in [-0.2, 0) is 16.4 Å². The zero-order chi connectivity index (χ0) is 14.4. The van der Waals surface area contributed by atoms with Gasteiger partial charge in [0.15, 0.2) is 0 Å². The lowest BCUT2D eigenvalue weighted by molar-refractivity contribution is 0.0126. The van der Waals surface area contributed by atoms with Gasteiger partial charge in [0, 0.05) is 25.3 Å². The molecule has 1 saturated heterocycles. The maximum Gasteiger partial charge on any atom is 0.243 e. The Hall–Kier alpha value is -1.11. The molecule has 6 heteroatoms. The van der Waals surface area contributed by atoms with Gasteiger partial charge in [0.05, 0.1) is 10.5 Å². The summed E-state index contributed by atoms with van der Waals surface area (Å²) in [6, 6.07) is 5.28. The summed E-state index contributed by atoms with van der Waals surface area (Å²) in [6.45, 7) is 3.39. The highest BCUT2D eigenvalue weighted by Crippen LogP contribution is 2.29. The largest absolute Gasteiger partial charge is 0.390 e. The lowest BCUT2D eigenvalue weighted by Gasteiger charge is -2.35. The number of fused-ring (bicyclic) bond motifs is 1. The predicted molar refractivity (Wildman–Crippen MR) is 77.3 cm³/mol. The fourth-order valence-electron chi connectivity index (χ4n) is 2.80. The molecule has 0 amide bonds. The van der Waals surface area contributed by atoms with Crippen molar-refractivity contribution in [1.82, 2.24) is 4.31 Å². The number of anilines is 1. The number of sulfonamides is 1. The van der Waals surface area contributed by atoms with E-state index in [1.54, 1.807) is 19.1 Å². The molecule has 3 rings (SSSR count). The topological polar surface area (TPSA) is 69.6 Å². The number of benzene rings is 1. The first-order valence-corrected chi connectivity index (χ1v) is 8.42. The molecular formula is C14H20N2O3S. The van der Waals surface area contributed by atoms with E-state index in [1.807, 2.05) is 6.07 Å². The van der Waals surface area contributed by atoms with Gasteiger partial charge in [-0.25, -0.2) is 8.42 Å². The lowest BCUT2D eigenvalue weighted by Crippen LogP contribution is -2.45. The monoisotopic (exact) mass is 296 g/mol. The third-order valence-electron chi connectivity index (χ3n) is 4.22. The van der Waals surface area contributed by atoms with Gasteiger partial charge in [0.1, 0.15) is 0 Å². The summed E-state index contributed by atoms with van der Waals surface area (Å²) >= 11 is 0. The molecule has 1 fully saturated rings. The van der Waals surface area contributed by atoms with Crippen molar-refractivity contribution in [2.24, 2.45) is 0 Å². The molecule has 20 heavy (non-hydrogen) atoms. The first-order chi connectivity index (χ1) is 9.38. The quantitative estimate of drug-likeness (QED) is 0.860. The Balaban J connectivity index is 1.85. The normalized spacial score (nSPS) is 22.3. The highest BCUT2D eigenvalue weighted by atomic mass is 32.2. The lowest BCUT2D eigenvalue weighted by atomic mass is 9.95. The summed E-state index contributed by atoms with van der Waals surface area (Å²) < 4.78 is 26.7. The molecular weight excluding hydrogens is 276 g/mol. The van der Waals surface area contributed by atoms with E-state index < -0.39 is 15.6 Å². The van der Waals surface area contributed by atoms with Crippen LogP contribution in [-0.4, -0.2) is 43.1 Å². The smallest absolute Gasteiger partial charge is 0.243 e. The van der Waals surface area contributed by atoms with Crippen LogP contribution in [0.15, 0.2) is 23.1 Å². The first kappa shape index (κ1) is 13.9. The Labute approximate surface area is 119 Å². The molecule has 110 valence electrons. The minimum atomic E-state index is -3.44. The van der Waals surface area contributed by atoms with Crippen LogP contribution >= 0.6 is 0 Å². The van der Waals surface area contributed by atoms with Crippen LogP contribution in [0.25, 0.3) is 0 Å². The summed E-state index contributed by atoms with van der Waals surface area (Å²) in [6.07, 6.45) is 1.84. The highest BCUT2D eigenvalue weighted by molar-refractivity contribution is 7.89. The van der Waals surface area contributed by atoms with Gasteiger partial charge in [0.25, 0.3) is 0 Å². The standard InChI is InChI=1S/C14H20N2O3S/c1-14(17)5-8-16(9-6-14)20(18,19)12-2-3-13-11(10-12)4-7-15-13/h2-3,10,15,17H,4-9H2,1H3. The van der Waals surface area contributed by atoms with Crippen LogP contribution in [0, 0.1) is 0 Å². The molecule has 0 aromatic heterocycles. The molecule has 2 N–H and O–H groups in total. The molecule has 0 aliphatic carbocycles. The second-order valence-electron chi connectivity index (χ2n) is 5.90. The Morgan fingerprint density at radius 1 is 1.30 bits per heavy atom. The molecule has 2 heterocycles. The van der Waals surface area contributed by atoms with Crippen molar-refractivity contribution in [1.29, 1.82) is 0 Å². The van der Waals surface area contributed by atoms with Crippen molar-refractivity contribution in [3.63, 3.8) is 0 Å². The van der Waals surface area contributed by atoms with Gasteiger partial charge in [-0.2, -0.15) is 4.31 Å². The maximum absolute atomic E-state index is 12.6. The Kier molecular flexibility index (Phi) is 3.27. The minimum Gasteiger partial charge on any atom is -0.390 e. The minimum absolute atomic E-state index is 0.362. The molecule has 0 saturated carbocycles. The Morgan fingerprint density at radius 3 is 2.70 bits per heavy atom. The first-order valence-electron chi connectivity index (χ1n) is 6.98. The Bertz CT molecular complexity index is 615. The molecule has 1 aromatic rings. The van der Waals surface area contributed by atoms with Gasteiger partial charge in [-0.3, -0.25) is 0 Å². The molecule has 2 aliphatic rings. The molecule has 0 spiro atoms. The second-order valence-corrected chi connectivity index (χ2v) is 7.83. The number of nitrogens with zero attached hydrogens (tertiary/aromatic N) is 1. The van der Waals surface area contributed by atoms with Crippen molar-refractivity contribution in [2.75, 3.05) is 25.0 Å². The van der Waals surface area contributed by atoms with Crippen molar-refractivity contribution in [2.45, 2.75) is 36.7 Å². The van der Waals surface area contributed by atoms with Gasteiger partial charge < -0.3 is 10.4 Å². The van der Waals surface area contributed by atoms with Crippen LogP contribution in [0.5, 0.6) is 0 Å². The summed E-state index contributed by atoms with van der Waals surface area (Å²) in [5.41, 5.74) is 1.36. The van der Waals surface area contributed by atoms with E-state index in [-0.39, 0.29) is 0 Å². The fraction of sp³-hybridized carbons (Fsp3) is 0.571. The van der Waals surface area contributed by atoms with Crippen molar-refractivity contribution >= 4 is 15.7 Å². The molecule has 0 unspecified atom stereocenters. The molecule has 0 radical (unpaired) electrons. The van der Waals surface area contributed by atoms with E-state index in [2.05, 4.69) is 5.32 Å². The van der Waals surface area contributed by atoms with E-state index in [4.69, 9.17) is 0 Å². The average Bonchev–Trinajstić information content (AvgIpc) is 2.85. The molecule has 2 aliphatic heterocycles. The molecule has 5 nitrogen and oxygen atoms in total. The zero-order valence-corrected chi connectivity index (χ0v) is 12.4. The summed E-state index contributed by atoms with van der Waals surface area (Å²) in [7, 11) is -3.44. The van der Waals surface area contributed by atoms with Crippen LogP contribution in [0.1, 0.15) is 25.3 Å². The Morgan fingerprint density at radius 2 is 2.00 bits per heavy atom. The highest BCUT2D eigenvalue weighted by Gasteiger charge is 2.34. The number of aliphatic hydroxyl groups is 1. The number of hydrogen-bond acceptors (Lipinski definition) is 4. The SMILES string of the molecule is CC1(O)CCN(S(=O)(=O)c2ccc3c(c2)CCN3)CC1. The summed E-state index contributed by atoms with van der Waals surface area (Å²) in [5, 5.41) is 13.2.